The van der Waals surface area contributed by atoms with Gasteiger partial charge < -0.3 is 5.32 Å². The van der Waals surface area contributed by atoms with E-state index in [0.29, 0.717) is 15.9 Å². The first-order chi connectivity index (χ1) is 9.19. The molecule has 0 saturated carbocycles. The highest BCUT2D eigenvalue weighted by Crippen LogP contribution is 2.32. The lowest BCUT2D eigenvalue weighted by Gasteiger charge is -2.10. The van der Waals surface area contributed by atoms with Gasteiger partial charge in [-0.05, 0) is 37.5 Å². The second kappa shape index (κ2) is 4.99. The number of hydrogen-bond donors (Lipinski definition) is 1. The first-order valence-corrected chi connectivity index (χ1v) is 6.97. The van der Waals surface area contributed by atoms with Crippen LogP contribution in [0.15, 0.2) is 18.2 Å². The second-order valence-corrected chi connectivity index (χ2v) is 5.39. The summed E-state index contributed by atoms with van der Waals surface area (Å²) in [6.45, 7) is 0. The number of anilines is 1. The van der Waals surface area contributed by atoms with E-state index in [0.717, 1.165) is 36.3 Å². The number of benzene rings is 1. The van der Waals surface area contributed by atoms with Crippen LogP contribution >= 0.6 is 23.2 Å². The van der Waals surface area contributed by atoms with Gasteiger partial charge >= 0.3 is 0 Å². The van der Waals surface area contributed by atoms with Gasteiger partial charge in [0, 0.05) is 28.9 Å². The van der Waals surface area contributed by atoms with Crippen molar-refractivity contribution in [2.24, 2.45) is 0 Å². The third kappa shape index (κ3) is 2.28. The molecule has 0 atom stereocenters. The molecule has 98 valence electrons. The zero-order valence-electron chi connectivity index (χ0n) is 10.5. The fraction of sp³-hybridized carbons (Fsp3) is 0.286. The molecule has 0 aliphatic heterocycles. The van der Waals surface area contributed by atoms with Crippen LogP contribution in [0.4, 0.5) is 5.82 Å². The molecule has 1 aromatic carbocycles. The van der Waals surface area contributed by atoms with E-state index in [1.807, 2.05) is 7.05 Å². The average molecular weight is 294 g/mol. The van der Waals surface area contributed by atoms with Crippen molar-refractivity contribution in [1.82, 2.24) is 9.97 Å². The highest BCUT2D eigenvalue weighted by molar-refractivity contribution is 6.35. The van der Waals surface area contributed by atoms with Crippen molar-refractivity contribution in [1.29, 1.82) is 0 Å². The summed E-state index contributed by atoms with van der Waals surface area (Å²) in [5.41, 5.74) is 3.12. The van der Waals surface area contributed by atoms with Gasteiger partial charge in [0.2, 0.25) is 0 Å². The predicted octanol–water partition coefficient (Wildman–Crippen LogP) is 3.98. The predicted molar refractivity (Wildman–Crippen MR) is 79.1 cm³/mol. The van der Waals surface area contributed by atoms with Crippen molar-refractivity contribution in [3.05, 3.63) is 39.5 Å². The maximum Gasteiger partial charge on any atom is 0.163 e. The van der Waals surface area contributed by atoms with Crippen molar-refractivity contribution in [2.45, 2.75) is 19.3 Å². The van der Waals surface area contributed by atoms with Gasteiger partial charge in [-0.2, -0.15) is 0 Å². The lowest BCUT2D eigenvalue weighted by Crippen LogP contribution is -2.03. The Bertz CT molecular complexity index is 641. The van der Waals surface area contributed by atoms with E-state index in [2.05, 4.69) is 15.3 Å². The SMILES string of the molecule is CNc1nc(-c2cc(Cl)ccc2Cl)nc2c1CCC2. The first kappa shape index (κ1) is 12.7. The average Bonchev–Trinajstić information content (AvgIpc) is 2.88. The smallest absolute Gasteiger partial charge is 0.163 e. The van der Waals surface area contributed by atoms with E-state index in [-0.39, 0.29) is 0 Å². The van der Waals surface area contributed by atoms with Gasteiger partial charge in [0.15, 0.2) is 5.82 Å². The van der Waals surface area contributed by atoms with Crippen LogP contribution in [0.2, 0.25) is 10.0 Å². The minimum absolute atomic E-state index is 0.615. The van der Waals surface area contributed by atoms with E-state index < -0.39 is 0 Å². The zero-order valence-corrected chi connectivity index (χ0v) is 12.0. The molecule has 0 amide bonds. The van der Waals surface area contributed by atoms with Crippen molar-refractivity contribution < 1.29 is 0 Å². The van der Waals surface area contributed by atoms with Crippen molar-refractivity contribution in [3.63, 3.8) is 0 Å². The van der Waals surface area contributed by atoms with E-state index >= 15 is 0 Å². The highest BCUT2D eigenvalue weighted by atomic mass is 35.5. The van der Waals surface area contributed by atoms with E-state index in [1.165, 1.54) is 5.56 Å². The van der Waals surface area contributed by atoms with Crippen LogP contribution in [0, 0.1) is 0 Å². The fourth-order valence-electron chi connectivity index (χ4n) is 2.43. The summed E-state index contributed by atoms with van der Waals surface area (Å²) < 4.78 is 0. The number of nitrogens with one attached hydrogen (secondary N) is 1. The third-order valence-electron chi connectivity index (χ3n) is 3.34. The summed E-state index contributed by atoms with van der Waals surface area (Å²) >= 11 is 12.2. The van der Waals surface area contributed by atoms with Crippen LogP contribution in [-0.2, 0) is 12.8 Å². The Morgan fingerprint density at radius 1 is 1.16 bits per heavy atom. The van der Waals surface area contributed by atoms with Crippen molar-refractivity contribution in [2.75, 3.05) is 12.4 Å². The molecule has 0 fully saturated rings. The third-order valence-corrected chi connectivity index (χ3v) is 3.90. The Morgan fingerprint density at radius 3 is 2.79 bits per heavy atom. The minimum atomic E-state index is 0.615. The van der Waals surface area contributed by atoms with Gasteiger partial charge in [-0.25, -0.2) is 9.97 Å². The van der Waals surface area contributed by atoms with Crippen LogP contribution in [-0.4, -0.2) is 17.0 Å². The molecule has 0 unspecified atom stereocenters. The van der Waals surface area contributed by atoms with Gasteiger partial charge in [-0.15, -0.1) is 0 Å². The van der Waals surface area contributed by atoms with E-state index in [4.69, 9.17) is 23.2 Å². The molecule has 1 aromatic heterocycles. The zero-order chi connectivity index (χ0) is 13.4. The Balaban J connectivity index is 2.18. The highest BCUT2D eigenvalue weighted by Gasteiger charge is 2.20. The molecule has 0 saturated heterocycles. The molecule has 3 nitrogen and oxygen atoms in total. The summed E-state index contributed by atoms with van der Waals surface area (Å²) in [6, 6.07) is 5.34. The summed E-state index contributed by atoms with van der Waals surface area (Å²) in [5.74, 6) is 1.53. The largest absolute Gasteiger partial charge is 0.373 e. The van der Waals surface area contributed by atoms with Crippen LogP contribution in [0.3, 0.4) is 0 Å². The molecular formula is C14H13Cl2N3. The molecule has 5 heteroatoms. The molecule has 1 aliphatic carbocycles. The van der Waals surface area contributed by atoms with Crippen LogP contribution in [0.1, 0.15) is 17.7 Å². The Morgan fingerprint density at radius 2 is 2.00 bits per heavy atom. The van der Waals surface area contributed by atoms with Gasteiger partial charge in [0.1, 0.15) is 5.82 Å². The molecule has 0 radical (unpaired) electrons. The Kier molecular flexibility index (Phi) is 3.33. The number of rotatable bonds is 2. The van der Waals surface area contributed by atoms with E-state index in [9.17, 15) is 0 Å². The van der Waals surface area contributed by atoms with Gasteiger partial charge in [0.05, 0.1) is 5.02 Å². The number of hydrogen-bond acceptors (Lipinski definition) is 3. The fourth-order valence-corrected chi connectivity index (χ4v) is 2.80. The quantitative estimate of drug-likeness (QED) is 0.910. The number of aromatic nitrogens is 2. The molecular weight excluding hydrogens is 281 g/mol. The number of halogens is 2. The topological polar surface area (TPSA) is 37.8 Å². The number of aryl methyl sites for hydroxylation is 1. The van der Waals surface area contributed by atoms with Crippen LogP contribution in [0.25, 0.3) is 11.4 Å². The molecule has 1 aliphatic rings. The van der Waals surface area contributed by atoms with Gasteiger partial charge in [0.25, 0.3) is 0 Å². The van der Waals surface area contributed by atoms with Gasteiger partial charge in [-0.1, -0.05) is 23.2 Å². The first-order valence-electron chi connectivity index (χ1n) is 6.22. The number of nitrogens with zero attached hydrogens (tertiary/aromatic N) is 2. The van der Waals surface area contributed by atoms with E-state index in [1.54, 1.807) is 18.2 Å². The summed E-state index contributed by atoms with van der Waals surface area (Å²) in [5, 5.41) is 4.39. The van der Waals surface area contributed by atoms with Crippen LogP contribution in [0.5, 0.6) is 0 Å². The Labute approximate surface area is 122 Å². The minimum Gasteiger partial charge on any atom is -0.373 e. The molecule has 0 spiro atoms. The molecule has 19 heavy (non-hydrogen) atoms. The lowest BCUT2D eigenvalue weighted by atomic mass is 10.2. The maximum atomic E-state index is 6.22. The molecule has 1 N–H and O–H groups in total. The normalized spacial score (nSPS) is 13.4. The van der Waals surface area contributed by atoms with Crippen LogP contribution < -0.4 is 5.32 Å². The Hall–Kier alpha value is -1.32. The summed E-state index contributed by atoms with van der Waals surface area (Å²) in [6.07, 6.45) is 3.16. The maximum absolute atomic E-state index is 6.22. The summed E-state index contributed by atoms with van der Waals surface area (Å²) in [7, 11) is 1.88. The molecule has 0 bridgehead atoms. The second-order valence-electron chi connectivity index (χ2n) is 4.55. The molecule has 2 aromatic rings. The molecule has 3 rings (SSSR count). The number of fused-ring (bicyclic) bond motifs is 1. The molecule has 1 heterocycles. The van der Waals surface area contributed by atoms with Crippen molar-refractivity contribution >= 4 is 29.0 Å². The monoisotopic (exact) mass is 293 g/mol. The standard InChI is InChI=1S/C14H13Cl2N3/c1-17-13-9-3-2-4-12(9)18-14(19-13)10-7-8(15)5-6-11(10)16/h5-7H,2-4H2,1H3,(H,17,18,19). The van der Waals surface area contributed by atoms with Crippen molar-refractivity contribution in [3.8, 4) is 11.4 Å². The lowest BCUT2D eigenvalue weighted by molar-refractivity contribution is 0.900. The summed E-state index contributed by atoms with van der Waals surface area (Å²) in [4.78, 5) is 9.21. The van der Waals surface area contributed by atoms with Gasteiger partial charge in [-0.3, -0.25) is 0 Å².